The van der Waals surface area contributed by atoms with Crippen LogP contribution >= 0.6 is 0 Å². The van der Waals surface area contributed by atoms with Crippen LogP contribution in [0, 0.1) is 0 Å². The van der Waals surface area contributed by atoms with Gasteiger partial charge in [0.2, 0.25) is 0 Å². The quantitative estimate of drug-likeness (QED) is 0.865. The van der Waals surface area contributed by atoms with Gasteiger partial charge in [0.1, 0.15) is 5.82 Å². The molecule has 2 rings (SSSR count). The Morgan fingerprint density at radius 3 is 2.53 bits per heavy atom. The average molecular weight is 258 g/mol. The lowest BCUT2D eigenvalue weighted by molar-refractivity contribution is 0.838. The first kappa shape index (κ1) is 13.5. The van der Waals surface area contributed by atoms with E-state index >= 15 is 0 Å². The van der Waals surface area contributed by atoms with Gasteiger partial charge in [-0.25, -0.2) is 4.98 Å². The first-order chi connectivity index (χ1) is 9.24. The van der Waals surface area contributed by atoms with Crippen molar-refractivity contribution in [2.75, 3.05) is 23.3 Å². The third-order valence-corrected chi connectivity index (χ3v) is 3.36. The minimum atomic E-state index is 0.815. The average Bonchev–Trinajstić information content (AvgIpc) is 2.85. The molecule has 1 N–H and O–H groups in total. The second-order valence-corrected chi connectivity index (χ2v) is 4.54. The van der Waals surface area contributed by atoms with Crippen molar-refractivity contribution >= 4 is 11.5 Å². The maximum atomic E-state index is 4.50. The van der Waals surface area contributed by atoms with Crippen molar-refractivity contribution in [3.8, 4) is 0 Å². The second kappa shape index (κ2) is 6.27. The van der Waals surface area contributed by atoms with Crippen LogP contribution < -0.4 is 10.2 Å². The van der Waals surface area contributed by atoms with Gasteiger partial charge >= 0.3 is 0 Å². The molecule has 0 atom stereocenters. The van der Waals surface area contributed by atoms with Crippen molar-refractivity contribution < 1.29 is 0 Å². The Bertz CT molecular complexity index is 497. The summed E-state index contributed by atoms with van der Waals surface area (Å²) < 4.78 is 2.12. The van der Waals surface area contributed by atoms with E-state index in [1.165, 1.54) is 5.69 Å². The molecule has 2 aromatic rings. The number of aryl methyl sites for hydroxylation is 1. The standard InChI is InChI=1S/C15H22N4/c1-4-19(5-2)15-9-8-13(11-17-15)16-12-14-7-6-10-18(14)3/h6-11,16H,4-5,12H2,1-3H3. The zero-order chi connectivity index (χ0) is 13.7. The van der Waals surface area contributed by atoms with E-state index in [-0.39, 0.29) is 0 Å². The lowest BCUT2D eigenvalue weighted by atomic mass is 10.3. The van der Waals surface area contributed by atoms with Crippen LogP contribution in [0.1, 0.15) is 19.5 Å². The zero-order valence-corrected chi connectivity index (χ0v) is 11.9. The first-order valence-electron chi connectivity index (χ1n) is 6.79. The molecular weight excluding hydrogens is 236 g/mol. The van der Waals surface area contributed by atoms with Crippen molar-refractivity contribution in [2.45, 2.75) is 20.4 Å². The van der Waals surface area contributed by atoms with Crippen LogP contribution in [0.5, 0.6) is 0 Å². The van der Waals surface area contributed by atoms with Crippen LogP contribution in [-0.4, -0.2) is 22.6 Å². The third kappa shape index (κ3) is 3.28. The molecule has 19 heavy (non-hydrogen) atoms. The molecule has 0 saturated heterocycles. The lowest BCUT2D eigenvalue weighted by Crippen LogP contribution is -2.22. The minimum absolute atomic E-state index is 0.815. The fraction of sp³-hybridized carbons (Fsp3) is 0.400. The van der Waals surface area contributed by atoms with Gasteiger partial charge in [0.05, 0.1) is 18.4 Å². The van der Waals surface area contributed by atoms with Gasteiger partial charge in [-0.1, -0.05) is 0 Å². The molecule has 0 saturated carbocycles. The van der Waals surface area contributed by atoms with Gasteiger partial charge in [0.15, 0.2) is 0 Å². The number of nitrogens with one attached hydrogen (secondary N) is 1. The van der Waals surface area contributed by atoms with Crippen LogP contribution in [0.25, 0.3) is 0 Å². The first-order valence-corrected chi connectivity index (χ1v) is 6.79. The highest BCUT2D eigenvalue weighted by Gasteiger charge is 2.03. The van der Waals surface area contributed by atoms with E-state index in [0.29, 0.717) is 0 Å². The molecule has 0 spiro atoms. The number of pyridine rings is 1. The number of nitrogens with zero attached hydrogens (tertiary/aromatic N) is 3. The predicted octanol–water partition coefficient (Wildman–Crippen LogP) is 2.88. The molecule has 0 amide bonds. The van der Waals surface area contributed by atoms with Crippen LogP contribution in [0.4, 0.5) is 11.5 Å². The van der Waals surface area contributed by atoms with Gasteiger partial charge < -0.3 is 14.8 Å². The van der Waals surface area contributed by atoms with Crippen LogP contribution in [0.3, 0.4) is 0 Å². The summed E-state index contributed by atoms with van der Waals surface area (Å²) in [6, 6.07) is 8.33. The van der Waals surface area contributed by atoms with E-state index in [2.05, 4.69) is 71.1 Å². The minimum Gasteiger partial charge on any atom is -0.378 e. The van der Waals surface area contributed by atoms with Crippen molar-refractivity contribution in [1.82, 2.24) is 9.55 Å². The number of aromatic nitrogens is 2. The molecule has 2 heterocycles. The highest BCUT2D eigenvalue weighted by Crippen LogP contribution is 2.14. The SMILES string of the molecule is CCN(CC)c1ccc(NCc2cccn2C)cn1. The van der Waals surface area contributed by atoms with Gasteiger partial charge in [-0.3, -0.25) is 0 Å². The molecule has 0 aliphatic carbocycles. The smallest absolute Gasteiger partial charge is 0.128 e. The van der Waals surface area contributed by atoms with E-state index in [1.54, 1.807) is 0 Å². The van der Waals surface area contributed by atoms with Gasteiger partial charge in [-0.05, 0) is 38.1 Å². The normalized spacial score (nSPS) is 10.5. The van der Waals surface area contributed by atoms with Crippen molar-refractivity contribution in [1.29, 1.82) is 0 Å². The summed E-state index contributed by atoms with van der Waals surface area (Å²) in [7, 11) is 2.05. The summed E-state index contributed by atoms with van der Waals surface area (Å²) in [5.74, 6) is 1.04. The number of hydrogen-bond acceptors (Lipinski definition) is 3. The molecule has 2 aromatic heterocycles. The number of rotatable bonds is 6. The van der Waals surface area contributed by atoms with E-state index < -0.39 is 0 Å². The molecule has 4 nitrogen and oxygen atoms in total. The van der Waals surface area contributed by atoms with Crippen molar-refractivity contribution in [3.63, 3.8) is 0 Å². The molecule has 0 aromatic carbocycles. The summed E-state index contributed by atoms with van der Waals surface area (Å²) in [4.78, 5) is 6.74. The summed E-state index contributed by atoms with van der Waals surface area (Å²) in [5, 5.41) is 3.39. The van der Waals surface area contributed by atoms with Crippen LogP contribution in [0.15, 0.2) is 36.7 Å². The van der Waals surface area contributed by atoms with Crippen molar-refractivity contribution in [3.05, 3.63) is 42.4 Å². The third-order valence-electron chi connectivity index (χ3n) is 3.36. The maximum absolute atomic E-state index is 4.50. The molecule has 102 valence electrons. The predicted molar refractivity (Wildman–Crippen MR) is 80.5 cm³/mol. The van der Waals surface area contributed by atoms with Crippen LogP contribution in [-0.2, 0) is 13.6 Å². The van der Waals surface area contributed by atoms with E-state index in [4.69, 9.17) is 0 Å². The molecule has 0 fully saturated rings. The summed E-state index contributed by atoms with van der Waals surface area (Å²) in [6.07, 6.45) is 3.95. The number of hydrogen-bond donors (Lipinski definition) is 1. The molecule has 0 aliphatic heterocycles. The Morgan fingerprint density at radius 1 is 1.21 bits per heavy atom. The largest absolute Gasteiger partial charge is 0.378 e. The molecular formula is C15H22N4. The summed E-state index contributed by atoms with van der Waals surface area (Å²) >= 11 is 0. The Kier molecular flexibility index (Phi) is 4.44. The molecule has 0 unspecified atom stereocenters. The topological polar surface area (TPSA) is 33.1 Å². The van der Waals surface area contributed by atoms with Gasteiger partial charge in [-0.15, -0.1) is 0 Å². The van der Waals surface area contributed by atoms with E-state index in [0.717, 1.165) is 31.1 Å². The van der Waals surface area contributed by atoms with Crippen LogP contribution in [0.2, 0.25) is 0 Å². The fourth-order valence-electron chi connectivity index (χ4n) is 2.10. The van der Waals surface area contributed by atoms with E-state index in [1.807, 2.05) is 6.20 Å². The Hall–Kier alpha value is -1.97. The lowest BCUT2D eigenvalue weighted by Gasteiger charge is -2.19. The van der Waals surface area contributed by atoms with Crippen molar-refractivity contribution in [2.24, 2.45) is 7.05 Å². The second-order valence-electron chi connectivity index (χ2n) is 4.54. The van der Waals surface area contributed by atoms with E-state index in [9.17, 15) is 0 Å². The Balaban J connectivity index is 1.97. The molecule has 0 aliphatic rings. The van der Waals surface area contributed by atoms with Gasteiger partial charge in [0, 0.05) is 32.0 Å². The monoisotopic (exact) mass is 258 g/mol. The number of anilines is 2. The highest BCUT2D eigenvalue weighted by molar-refractivity contribution is 5.48. The molecule has 0 radical (unpaired) electrons. The fourth-order valence-corrected chi connectivity index (χ4v) is 2.10. The highest BCUT2D eigenvalue weighted by atomic mass is 15.2. The van der Waals surface area contributed by atoms with Gasteiger partial charge in [-0.2, -0.15) is 0 Å². The zero-order valence-electron chi connectivity index (χ0n) is 11.9. The Morgan fingerprint density at radius 2 is 2.00 bits per heavy atom. The maximum Gasteiger partial charge on any atom is 0.128 e. The molecule has 4 heteroatoms. The van der Waals surface area contributed by atoms with Gasteiger partial charge in [0.25, 0.3) is 0 Å². The Labute approximate surface area is 115 Å². The summed E-state index contributed by atoms with van der Waals surface area (Å²) in [6.45, 7) is 7.08. The molecule has 0 bridgehead atoms. The summed E-state index contributed by atoms with van der Waals surface area (Å²) in [5.41, 5.74) is 2.31.